The minimum absolute atomic E-state index is 0.148. The molecule has 1 aliphatic heterocycles. The summed E-state index contributed by atoms with van der Waals surface area (Å²) in [6, 6.07) is 15.5. The van der Waals surface area contributed by atoms with E-state index >= 15 is 0 Å². The lowest BCUT2D eigenvalue weighted by molar-refractivity contribution is -0.123. The van der Waals surface area contributed by atoms with Gasteiger partial charge in [0.2, 0.25) is 0 Å². The Morgan fingerprint density at radius 2 is 1.84 bits per heavy atom. The topological polar surface area (TPSA) is 65.1 Å². The van der Waals surface area contributed by atoms with E-state index in [2.05, 4.69) is 15.9 Å². The molecule has 0 spiro atoms. The molecule has 192 valence electrons. The van der Waals surface area contributed by atoms with Crippen LogP contribution < -0.4 is 14.2 Å². The van der Waals surface area contributed by atoms with Crippen molar-refractivity contribution >= 4 is 44.9 Å². The van der Waals surface area contributed by atoms with Gasteiger partial charge < -0.3 is 14.2 Å². The lowest BCUT2D eigenvalue weighted by Crippen LogP contribution is -2.32. The normalized spacial score (nSPS) is 14.4. The van der Waals surface area contributed by atoms with E-state index < -0.39 is 0 Å². The van der Waals surface area contributed by atoms with Gasteiger partial charge in [-0.1, -0.05) is 24.3 Å². The maximum absolute atomic E-state index is 13.5. The van der Waals surface area contributed by atoms with Crippen LogP contribution >= 0.6 is 27.7 Å². The van der Waals surface area contributed by atoms with E-state index in [1.807, 2.05) is 32.0 Å². The predicted molar refractivity (Wildman–Crippen MR) is 146 cm³/mol. The summed E-state index contributed by atoms with van der Waals surface area (Å²) < 4.78 is 31.2. The molecule has 0 saturated carbocycles. The average molecular weight is 586 g/mol. The molecule has 0 radical (unpaired) electrons. The van der Waals surface area contributed by atoms with E-state index in [0.29, 0.717) is 32.0 Å². The van der Waals surface area contributed by atoms with Gasteiger partial charge in [0, 0.05) is 0 Å². The maximum atomic E-state index is 13.5. The summed E-state index contributed by atoms with van der Waals surface area (Å²) in [5.41, 5.74) is 3.39. The number of imide groups is 1. The number of hydrogen-bond acceptors (Lipinski definition) is 6. The van der Waals surface area contributed by atoms with Crippen molar-refractivity contribution in [2.45, 2.75) is 20.5 Å². The first kappa shape index (κ1) is 26.8. The number of amides is 2. The number of halogens is 2. The Bertz CT molecular complexity index is 1380. The van der Waals surface area contributed by atoms with Gasteiger partial charge in [-0.15, -0.1) is 0 Å². The van der Waals surface area contributed by atoms with Gasteiger partial charge in [0.15, 0.2) is 11.5 Å². The Labute approximate surface area is 227 Å². The zero-order valence-electron chi connectivity index (χ0n) is 20.5. The minimum atomic E-state index is -0.374. The molecule has 1 fully saturated rings. The van der Waals surface area contributed by atoms with Crippen LogP contribution in [0.25, 0.3) is 6.08 Å². The van der Waals surface area contributed by atoms with Gasteiger partial charge >= 0.3 is 0 Å². The second-order valence-electron chi connectivity index (χ2n) is 8.40. The van der Waals surface area contributed by atoms with Crippen LogP contribution in [0.4, 0.5) is 9.18 Å². The van der Waals surface area contributed by atoms with E-state index in [-0.39, 0.29) is 36.7 Å². The van der Waals surface area contributed by atoms with Crippen LogP contribution in [-0.2, 0) is 11.4 Å². The van der Waals surface area contributed by atoms with Gasteiger partial charge in [0.05, 0.1) is 23.0 Å². The van der Waals surface area contributed by atoms with Crippen molar-refractivity contribution in [2.75, 3.05) is 20.3 Å². The molecule has 0 unspecified atom stereocenters. The first-order valence-corrected chi connectivity index (χ1v) is 13.1. The van der Waals surface area contributed by atoms with Crippen molar-refractivity contribution in [1.82, 2.24) is 4.90 Å². The van der Waals surface area contributed by atoms with Crippen LogP contribution in [0.5, 0.6) is 17.2 Å². The fourth-order valence-electron chi connectivity index (χ4n) is 3.70. The summed E-state index contributed by atoms with van der Waals surface area (Å²) in [5.74, 6) is 0.896. The molecule has 2 amide bonds. The lowest BCUT2D eigenvalue weighted by Gasteiger charge is -2.15. The first-order valence-electron chi connectivity index (χ1n) is 11.5. The molecule has 1 saturated heterocycles. The molecular weight excluding hydrogens is 561 g/mol. The van der Waals surface area contributed by atoms with Gasteiger partial charge in [-0.25, -0.2) is 4.39 Å². The SMILES string of the molecule is COc1cc(/C=C2\SC(=O)N(CCOc3cc(C)ccc3C)C2=O)cc(Br)c1OCc1cccc(F)c1. The summed E-state index contributed by atoms with van der Waals surface area (Å²) in [7, 11) is 1.50. The second kappa shape index (κ2) is 11.8. The summed E-state index contributed by atoms with van der Waals surface area (Å²) in [5, 5.41) is -0.345. The second-order valence-corrected chi connectivity index (χ2v) is 10.3. The number of methoxy groups -OCH3 is 1. The Balaban J connectivity index is 1.44. The number of aryl methyl sites for hydroxylation is 2. The smallest absolute Gasteiger partial charge is 0.293 e. The summed E-state index contributed by atoms with van der Waals surface area (Å²) in [6.07, 6.45) is 1.64. The molecule has 4 rings (SSSR count). The summed E-state index contributed by atoms with van der Waals surface area (Å²) in [4.78, 5) is 27.0. The zero-order chi connectivity index (χ0) is 26.5. The molecule has 1 aliphatic rings. The maximum Gasteiger partial charge on any atom is 0.293 e. The lowest BCUT2D eigenvalue weighted by atomic mass is 10.1. The van der Waals surface area contributed by atoms with Crippen molar-refractivity contribution in [2.24, 2.45) is 0 Å². The van der Waals surface area contributed by atoms with Crippen LogP contribution in [0.2, 0.25) is 0 Å². The Morgan fingerprint density at radius 3 is 2.59 bits per heavy atom. The molecule has 37 heavy (non-hydrogen) atoms. The molecule has 0 N–H and O–H groups in total. The monoisotopic (exact) mass is 585 g/mol. The van der Waals surface area contributed by atoms with E-state index in [9.17, 15) is 14.0 Å². The largest absolute Gasteiger partial charge is 0.493 e. The number of ether oxygens (including phenoxy) is 3. The van der Waals surface area contributed by atoms with Crippen LogP contribution in [0.15, 0.2) is 64.0 Å². The molecule has 0 bridgehead atoms. The highest BCUT2D eigenvalue weighted by Crippen LogP contribution is 2.39. The Morgan fingerprint density at radius 1 is 1.03 bits per heavy atom. The third-order valence-electron chi connectivity index (χ3n) is 5.61. The van der Waals surface area contributed by atoms with Crippen LogP contribution in [0, 0.1) is 19.7 Å². The first-order chi connectivity index (χ1) is 17.7. The molecule has 3 aromatic rings. The Kier molecular flexibility index (Phi) is 8.56. The van der Waals surface area contributed by atoms with Crippen molar-refractivity contribution in [1.29, 1.82) is 0 Å². The van der Waals surface area contributed by atoms with Crippen molar-refractivity contribution in [3.8, 4) is 17.2 Å². The van der Waals surface area contributed by atoms with E-state index in [1.54, 1.807) is 30.3 Å². The molecule has 0 aromatic heterocycles. The number of nitrogens with zero attached hydrogens (tertiary/aromatic N) is 1. The molecule has 6 nitrogen and oxygen atoms in total. The molecule has 1 heterocycles. The van der Waals surface area contributed by atoms with Crippen molar-refractivity contribution < 1.29 is 28.2 Å². The van der Waals surface area contributed by atoms with Crippen LogP contribution in [0.3, 0.4) is 0 Å². The van der Waals surface area contributed by atoms with Gasteiger partial charge in [-0.3, -0.25) is 14.5 Å². The third kappa shape index (κ3) is 6.53. The highest BCUT2D eigenvalue weighted by molar-refractivity contribution is 9.10. The van der Waals surface area contributed by atoms with Crippen molar-refractivity contribution in [3.05, 3.63) is 92.0 Å². The molecule has 3 aromatic carbocycles. The molecule has 0 aliphatic carbocycles. The summed E-state index contributed by atoms with van der Waals surface area (Å²) >= 11 is 4.37. The highest BCUT2D eigenvalue weighted by Gasteiger charge is 2.35. The fraction of sp³-hybridized carbons (Fsp3) is 0.214. The van der Waals surface area contributed by atoms with Crippen LogP contribution in [-0.4, -0.2) is 36.3 Å². The van der Waals surface area contributed by atoms with E-state index in [0.717, 1.165) is 28.6 Å². The fourth-order valence-corrected chi connectivity index (χ4v) is 5.14. The third-order valence-corrected chi connectivity index (χ3v) is 7.11. The van der Waals surface area contributed by atoms with Gasteiger partial charge in [0.25, 0.3) is 11.1 Å². The number of thioether (sulfide) groups is 1. The Hall–Kier alpha value is -3.30. The average Bonchev–Trinajstić information content (AvgIpc) is 3.12. The quantitative estimate of drug-likeness (QED) is 0.254. The predicted octanol–water partition coefficient (Wildman–Crippen LogP) is 6.91. The molecule has 9 heteroatoms. The molecule has 0 atom stereocenters. The number of hydrogen-bond donors (Lipinski definition) is 0. The van der Waals surface area contributed by atoms with Crippen molar-refractivity contribution in [3.63, 3.8) is 0 Å². The standard InChI is InChI=1S/C28H25BrFNO5S/c1-17-7-8-18(2)23(11-17)35-10-9-31-27(32)25(37-28(31)33)15-20-13-22(29)26(24(14-20)34-3)36-16-19-5-4-6-21(30)12-19/h4-8,11-15H,9-10,16H2,1-3H3/b25-15-. The van der Waals surface area contributed by atoms with Crippen LogP contribution in [0.1, 0.15) is 22.3 Å². The molecular formula is C28H25BrFNO5S. The minimum Gasteiger partial charge on any atom is -0.493 e. The van der Waals surface area contributed by atoms with E-state index in [4.69, 9.17) is 14.2 Å². The highest BCUT2D eigenvalue weighted by atomic mass is 79.9. The summed E-state index contributed by atoms with van der Waals surface area (Å²) in [6.45, 7) is 4.42. The van der Waals surface area contributed by atoms with Gasteiger partial charge in [0.1, 0.15) is 24.8 Å². The van der Waals surface area contributed by atoms with Gasteiger partial charge in [-0.2, -0.15) is 0 Å². The number of rotatable bonds is 9. The number of carbonyl (C=O) groups is 2. The number of carbonyl (C=O) groups excluding carboxylic acids is 2. The number of benzene rings is 3. The zero-order valence-corrected chi connectivity index (χ0v) is 22.9. The van der Waals surface area contributed by atoms with Gasteiger partial charge in [-0.05, 0) is 100 Å². The van der Waals surface area contributed by atoms with E-state index in [1.165, 1.54) is 24.1 Å².